The van der Waals surface area contributed by atoms with Crippen LogP contribution in [0.3, 0.4) is 0 Å². The predicted molar refractivity (Wildman–Crippen MR) is 82.6 cm³/mol. The predicted octanol–water partition coefficient (Wildman–Crippen LogP) is 4.40. The molecule has 0 heterocycles. The third-order valence-corrected chi connectivity index (χ3v) is 4.65. The molecule has 0 unspecified atom stereocenters. The van der Waals surface area contributed by atoms with Crippen LogP contribution in [0.25, 0.3) is 0 Å². The highest BCUT2D eigenvalue weighted by Crippen LogP contribution is 2.14. The van der Waals surface area contributed by atoms with E-state index in [0.29, 0.717) is 6.42 Å². The van der Waals surface area contributed by atoms with E-state index < -0.39 is 10.1 Å². The second-order valence-corrected chi connectivity index (χ2v) is 6.87. The molecular weight excluding hydrogens is 291 g/mol. The maximum atomic E-state index is 11.9. The lowest BCUT2D eigenvalue weighted by Crippen LogP contribution is -2.07. The lowest BCUT2D eigenvalue weighted by Gasteiger charge is -2.06. The topological polar surface area (TPSA) is 43.4 Å². The molecule has 1 aromatic rings. The second kappa shape index (κ2) is 9.90. The van der Waals surface area contributed by atoms with Crippen LogP contribution in [0.4, 0.5) is 4.39 Å². The molecule has 0 aliphatic heterocycles. The molecule has 5 heteroatoms. The monoisotopic (exact) mass is 316 g/mol. The maximum Gasteiger partial charge on any atom is 0.296 e. The van der Waals surface area contributed by atoms with Crippen molar-refractivity contribution in [2.24, 2.45) is 0 Å². The van der Waals surface area contributed by atoms with Crippen LogP contribution >= 0.6 is 0 Å². The average Bonchev–Trinajstić information content (AvgIpc) is 2.46. The van der Waals surface area contributed by atoms with E-state index in [-0.39, 0.29) is 18.2 Å². The number of rotatable bonds is 11. The molecule has 0 N–H and O–H groups in total. The Morgan fingerprint density at radius 2 is 1.43 bits per heavy atom. The number of alkyl halides is 1. The normalized spacial score (nSPS) is 11.7. The number of benzene rings is 1. The van der Waals surface area contributed by atoms with Gasteiger partial charge < -0.3 is 0 Å². The van der Waals surface area contributed by atoms with Crippen molar-refractivity contribution >= 4 is 10.1 Å². The van der Waals surface area contributed by atoms with Crippen molar-refractivity contribution in [3.8, 4) is 0 Å². The van der Waals surface area contributed by atoms with Crippen LogP contribution in [0.15, 0.2) is 29.2 Å². The van der Waals surface area contributed by atoms with Gasteiger partial charge in [-0.15, -0.1) is 0 Å². The molecule has 0 spiro atoms. The van der Waals surface area contributed by atoms with E-state index in [9.17, 15) is 12.8 Å². The molecule has 0 aliphatic rings. The van der Waals surface area contributed by atoms with Crippen LogP contribution in [0.1, 0.15) is 50.5 Å². The van der Waals surface area contributed by atoms with E-state index >= 15 is 0 Å². The summed E-state index contributed by atoms with van der Waals surface area (Å²) in [4.78, 5) is 0.208. The maximum absolute atomic E-state index is 11.9. The summed E-state index contributed by atoms with van der Waals surface area (Å²) in [5.41, 5.74) is 1.02. The van der Waals surface area contributed by atoms with E-state index in [2.05, 4.69) is 0 Å². The van der Waals surface area contributed by atoms with Gasteiger partial charge in [-0.2, -0.15) is 8.42 Å². The molecule has 0 aliphatic carbocycles. The summed E-state index contributed by atoms with van der Waals surface area (Å²) in [7, 11) is -3.62. The SMILES string of the molecule is Cc1ccc(S(=O)(=O)OCCCCCCCCCF)cc1. The van der Waals surface area contributed by atoms with E-state index in [0.717, 1.165) is 44.1 Å². The largest absolute Gasteiger partial charge is 0.296 e. The molecule has 0 atom stereocenters. The minimum atomic E-state index is -3.62. The van der Waals surface area contributed by atoms with Crippen molar-refractivity contribution in [3.05, 3.63) is 29.8 Å². The summed E-state index contributed by atoms with van der Waals surface area (Å²) in [6.07, 6.45) is 6.43. The highest BCUT2D eigenvalue weighted by Gasteiger charge is 2.14. The molecule has 3 nitrogen and oxygen atoms in total. The van der Waals surface area contributed by atoms with E-state index in [1.807, 2.05) is 6.92 Å². The quantitative estimate of drug-likeness (QED) is 0.449. The van der Waals surface area contributed by atoms with Crippen molar-refractivity contribution in [1.29, 1.82) is 0 Å². The van der Waals surface area contributed by atoms with Gasteiger partial charge in [0.15, 0.2) is 0 Å². The van der Waals surface area contributed by atoms with Crippen LogP contribution in [0.2, 0.25) is 0 Å². The molecule has 1 rings (SSSR count). The Morgan fingerprint density at radius 3 is 2.00 bits per heavy atom. The van der Waals surface area contributed by atoms with Gasteiger partial charge in [0, 0.05) is 0 Å². The van der Waals surface area contributed by atoms with Crippen molar-refractivity contribution < 1.29 is 17.0 Å². The Morgan fingerprint density at radius 1 is 0.905 bits per heavy atom. The molecule has 1 aromatic carbocycles. The van der Waals surface area contributed by atoms with Crippen LogP contribution in [0.5, 0.6) is 0 Å². The molecule has 21 heavy (non-hydrogen) atoms. The van der Waals surface area contributed by atoms with E-state index in [4.69, 9.17) is 4.18 Å². The highest BCUT2D eigenvalue weighted by atomic mass is 32.2. The van der Waals surface area contributed by atoms with E-state index in [1.165, 1.54) is 0 Å². The summed E-state index contributed by atoms with van der Waals surface area (Å²) >= 11 is 0. The fourth-order valence-electron chi connectivity index (χ4n) is 2.02. The lowest BCUT2D eigenvalue weighted by molar-refractivity contribution is 0.306. The van der Waals surface area contributed by atoms with Gasteiger partial charge in [-0.25, -0.2) is 0 Å². The molecule has 0 fully saturated rings. The number of unbranched alkanes of at least 4 members (excludes halogenated alkanes) is 6. The number of hydrogen-bond acceptors (Lipinski definition) is 3. The zero-order valence-electron chi connectivity index (χ0n) is 12.7. The van der Waals surface area contributed by atoms with Gasteiger partial charge in [0.25, 0.3) is 10.1 Å². The standard InChI is InChI=1S/C16H25FO3S/c1-15-9-11-16(12-10-15)21(18,19)20-14-8-6-4-2-3-5-7-13-17/h9-12H,2-8,13-14H2,1H3. The highest BCUT2D eigenvalue weighted by molar-refractivity contribution is 7.86. The van der Waals surface area contributed by atoms with Crippen LogP contribution < -0.4 is 0 Å². The lowest BCUT2D eigenvalue weighted by atomic mass is 10.1. The second-order valence-electron chi connectivity index (χ2n) is 5.25. The van der Waals surface area contributed by atoms with Crippen molar-refractivity contribution in [2.75, 3.05) is 13.3 Å². The van der Waals surface area contributed by atoms with Crippen LogP contribution in [0, 0.1) is 6.92 Å². The summed E-state index contributed by atoms with van der Waals surface area (Å²) in [5, 5.41) is 0. The van der Waals surface area contributed by atoms with Gasteiger partial charge in [-0.3, -0.25) is 8.57 Å². The Labute approximate surface area is 127 Å². The number of hydrogen-bond donors (Lipinski definition) is 0. The first-order valence-corrected chi connectivity index (χ1v) is 8.99. The molecule has 0 bridgehead atoms. The molecule has 0 radical (unpaired) electrons. The Bertz CT molecular complexity index is 483. The van der Waals surface area contributed by atoms with Gasteiger partial charge >= 0.3 is 0 Å². The first-order chi connectivity index (χ1) is 10.1. The molecule has 0 aromatic heterocycles. The molecule has 0 saturated heterocycles. The first kappa shape index (κ1) is 18.1. The zero-order chi connectivity index (χ0) is 15.6. The smallest absolute Gasteiger partial charge is 0.266 e. The Kier molecular flexibility index (Phi) is 8.54. The Balaban J connectivity index is 2.15. The van der Waals surface area contributed by atoms with Gasteiger partial charge in [0.1, 0.15) is 0 Å². The summed E-state index contributed by atoms with van der Waals surface area (Å²) < 4.78 is 40.7. The minimum Gasteiger partial charge on any atom is -0.266 e. The average molecular weight is 316 g/mol. The third-order valence-electron chi connectivity index (χ3n) is 3.33. The van der Waals surface area contributed by atoms with Crippen molar-refractivity contribution in [2.45, 2.75) is 56.8 Å². The zero-order valence-corrected chi connectivity index (χ0v) is 13.5. The minimum absolute atomic E-state index is 0.208. The van der Waals surface area contributed by atoms with Gasteiger partial charge in [0.2, 0.25) is 0 Å². The third kappa shape index (κ3) is 7.58. The van der Waals surface area contributed by atoms with Crippen molar-refractivity contribution in [3.63, 3.8) is 0 Å². The summed E-state index contributed by atoms with van der Waals surface area (Å²) in [6.45, 7) is 1.90. The van der Waals surface area contributed by atoms with Crippen molar-refractivity contribution in [1.82, 2.24) is 0 Å². The van der Waals surface area contributed by atoms with Crippen LogP contribution in [-0.4, -0.2) is 21.7 Å². The molecule has 120 valence electrons. The summed E-state index contributed by atoms with van der Waals surface area (Å²) in [5.74, 6) is 0. The molecule has 0 saturated carbocycles. The molecular formula is C16H25FO3S. The van der Waals surface area contributed by atoms with Gasteiger partial charge in [-0.1, -0.05) is 49.8 Å². The van der Waals surface area contributed by atoms with Crippen LogP contribution in [-0.2, 0) is 14.3 Å². The number of halogens is 1. The summed E-state index contributed by atoms with van der Waals surface area (Å²) in [6, 6.07) is 6.65. The first-order valence-electron chi connectivity index (χ1n) is 7.58. The van der Waals surface area contributed by atoms with Gasteiger partial charge in [-0.05, 0) is 31.9 Å². The van der Waals surface area contributed by atoms with E-state index in [1.54, 1.807) is 24.3 Å². The Hall–Kier alpha value is -0.940. The fraction of sp³-hybridized carbons (Fsp3) is 0.625. The number of aryl methyl sites for hydroxylation is 1. The fourth-order valence-corrected chi connectivity index (χ4v) is 2.96. The molecule has 0 amide bonds. The van der Waals surface area contributed by atoms with Gasteiger partial charge in [0.05, 0.1) is 18.2 Å².